The fraction of sp³-hybridized carbons (Fsp3) is 0.682. The van der Waals surface area contributed by atoms with Crippen molar-refractivity contribution in [1.82, 2.24) is 0 Å². The molecule has 0 N–H and O–H groups in total. The molecule has 4 nitrogen and oxygen atoms in total. The summed E-state index contributed by atoms with van der Waals surface area (Å²) in [6.07, 6.45) is 9.26. The van der Waals surface area contributed by atoms with Crippen LogP contribution in [0.3, 0.4) is 0 Å². The largest absolute Gasteiger partial charge is 0.463 e. The Morgan fingerprint density at radius 1 is 1.31 bits per heavy atom. The zero-order valence-electron chi connectivity index (χ0n) is 17.0. The first-order chi connectivity index (χ1) is 12.2. The summed E-state index contributed by atoms with van der Waals surface area (Å²) >= 11 is 0. The number of carbonyl (C=O) groups excluding carboxylic acids is 1. The topological polar surface area (TPSA) is 44.8 Å². The van der Waals surface area contributed by atoms with Gasteiger partial charge in [0.05, 0.1) is 19.8 Å². The van der Waals surface area contributed by atoms with Gasteiger partial charge in [0.1, 0.15) is 0 Å². The van der Waals surface area contributed by atoms with Crippen molar-refractivity contribution in [3.05, 3.63) is 36.0 Å². The quantitative estimate of drug-likeness (QED) is 0.386. The van der Waals surface area contributed by atoms with Gasteiger partial charge in [-0.05, 0) is 57.4 Å². The molecule has 0 aromatic rings. The van der Waals surface area contributed by atoms with Gasteiger partial charge < -0.3 is 14.2 Å². The predicted molar refractivity (Wildman–Crippen MR) is 104 cm³/mol. The summed E-state index contributed by atoms with van der Waals surface area (Å²) in [6, 6.07) is 0. The normalized spacial score (nSPS) is 28.5. The molecule has 0 aromatic heterocycles. The second kappa shape index (κ2) is 8.53. The van der Waals surface area contributed by atoms with E-state index in [2.05, 4.69) is 26.5 Å². The van der Waals surface area contributed by atoms with Crippen LogP contribution in [0.5, 0.6) is 0 Å². The second-order valence-electron chi connectivity index (χ2n) is 8.11. The molecule has 1 saturated carbocycles. The molecular weight excluding hydrogens is 328 g/mol. The van der Waals surface area contributed by atoms with E-state index in [9.17, 15) is 4.79 Å². The number of esters is 1. The van der Waals surface area contributed by atoms with E-state index < -0.39 is 5.79 Å². The SMILES string of the molecule is C=C1CC[C@H](C/C=C(\C)C(=O)OCC)C(C)(C)[C@H]1/C=C/C1(C)OCCO1. The van der Waals surface area contributed by atoms with Crippen molar-refractivity contribution in [2.45, 2.75) is 59.7 Å². The van der Waals surface area contributed by atoms with E-state index in [1.807, 2.05) is 32.9 Å². The highest BCUT2D eigenvalue weighted by atomic mass is 16.7. The van der Waals surface area contributed by atoms with Gasteiger partial charge in [0.25, 0.3) is 0 Å². The lowest BCUT2D eigenvalue weighted by Crippen LogP contribution is -2.37. The zero-order chi connectivity index (χ0) is 19.4. The molecule has 26 heavy (non-hydrogen) atoms. The van der Waals surface area contributed by atoms with Crippen LogP contribution in [0.1, 0.15) is 53.9 Å². The third kappa shape index (κ3) is 4.86. The van der Waals surface area contributed by atoms with Gasteiger partial charge in [-0.25, -0.2) is 4.79 Å². The van der Waals surface area contributed by atoms with Crippen LogP contribution < -0.4 is 0 Å². The molecule has 1 heterocycles. The zero-order valence-corrected chi connectivity index (χ0v) is 17.0. The number of hydrogen-bond acceptors (Lipinski definition) is 4. The summed E-state index contributed by atoms with van der Waals surface area (Å²) in [5, 5.41) is 0. The maximum absolute atomic E-state index is 11.8. The molecule has 2 atom stereocenters. The first-order valence-corrected chi connectivity index (χ1v) is 9.68. The molecule has 0 spiro atoms. The van der Waals surface area contributed by atoms with Crippen LogP contribution in [0.15, 0.2) is 36.0 Å². The summed E-state index contributed by atoms with van der Waals surface area (Å²) in [6.45, 7) is 16.2. The molecule has 0 unspecified atom stereocenters. The monoisotopic (exact) mass is 362 g/mol. The van der Waals surface area contributed by atoms with Crippen LogP contribution in [-0.2, 0) is 19.0 Å². The average molecular weight is 363 g/mol. The van der Waals surface area contributed by atoms with Crippen molar-refractivity contribution in [1.29, 1.82) is 0 Å². The smallest absolute Gasteiger partial charge is 0.333 e. The lowest BCUT2D eigenvalue weighted by Gasteiger charge is -2.45. The lowest BCUT2D eigenvalue weighted by molar-refractivity contribution is -0.138. The van der Waals surface area contributed by atoms with Crippen LogP contribution in [0, 0.1) is 17.3 Å². The van der Waals surface area contributed by atoms with Gasteiger partial charge in [0.15, 0.2) is 5.79 Å². The summed E-state index contributed by atoms with van der Waals surface area (Å²) in [5.74, 6) is -0.0955. The van der Waals surface area contributed by atoms with Crippen molar-refractivity contribution in [2.75, 3.05) is 19.8 Å². The minimum absolute atomic E-state index is 0.0479. The third-order valence-corrected chi connectivity index (χ3v) is 5.87. The summed E-state index contributed by atoms with van der Waals surface area (Å²) < 4.78 is 16.5. The standard InChI is InChI=1S/C22H34O4/c1-7-24-20(23)17(3)9-11-18-10-8-16(2)19(21(18,4)5)12-13-22(6)25-14-15-26-22/h9,12-13,18-19H,2,7-8,10-11,14-15H2,1,3-6H3/b13-12+,17-9+/t18-,19+/m1/s1. The molecule has 2 fully saturated rings. The average Bonchev–Trinajstić information content (AvgIpc) is 3.00. The summed E-state index contributed by atoms with van der Waals surface area (Å²) in [4.78, 5) is 11.8. The highest BCUT2D eigenvalue weighted by molar-refractivity contribution is 5.87. The van der Waals surface area contributed by atoms with Crippen LogP contribution >= 0.6 is 0 Å². The molecule has 0 bridgehead atoms. The van der Waals surface area contributed by atoms with E-state index in [-0.39, 0.29) is 17.3 Å². The fourth-order valence-corrected chi connectivity index (χ4v) is 4.02. The Kier molecular flexibility index (Phi) is 6.86. The van der Waals surface area contributed by atoms with Crippen LogP contribution in [0.25, 0.3) is 0 Å². The molecule has 0 amide bonds. The molecule has 146 valence electrons. The van der Waals surface area contributed by atoms with Crippen molar-refractivity contribution >= 4 is 5.97 Å². The Balaban J connectivity index is 2.10. The van der Waals surface area contributed by atoms with E-state index in [1.165, 1.54) is 5.57 Å². The fourth-order valence-electron chi connectivity index (χ4n) is 4.02. The van der Waals surface area contributed by atoms with Gasteiger partial charge in [0.2, 0.25) is 0 Å². The molecule has 1 aliphatic carbocycles. The number of rotatable bonds is 6. The van der Waals surface area contributed by atoms with Crippen molar-refractivity contribution < 1.29 is 19.0 Å². The minimum atomic E-state index is -0.621. The van der Waals surface area contributed by atoms with Gasteiger partial charge in [-0.1, -0.05) is 38.2 Å². The first-order valence-electron chi connectivity index (χ1n) is 9.68. The lowest BCUT2D eigenvalue weighted by atomic mass is 9.59. The Bertz CT molecular complexity index is 579. The molecule has 1 aliphatic heterocycles. The Morgan fingerprint density at radius 3 is 2.58 bits per heavy atom. The van der Waals surface area contributed by atoms with Gasteiger partial charge in [-0.2, -0.15) is 0 Å². The number of ether oxygens (including phenoxy) is 3. The van der Waals surface area contributed by atoms with Gasteiger partial charge in [-0.15, -0.1) is 0 Å². The first kappa shape index (κ1) is 20.9. The van der Waals surface area contributed by atoms with E-state index in [1.54, 1.807) is 0 Å². The van der Waals surface area contributed by atoms with E-state index in [0.717, 1.165) is 19.3 Å². The number of carbonyl (C=O) groups is 1. The molecule has 2 rings (SSSR count). The maximum atomic E-state index is 11.8. The molecular formula is C22H34O4. The third-order valence-electron chi connectivity index (χ3n) is 5.87. The van der Waals surface area contributed by atoms with Crippen molar-refractivity contribution in [3.8, 4) is 0 Å². The van der Waals surface area contributed by atoms with E-state index in [4.69, 9.17) is 14.2 Å². The summed E-state index contributed by atoms with van der Waals surface area (Å²) in [5.41, 5.74) is 2.00. The van der Waals surface area contributed by atoms with Crippen LogP contribution in [0.4, 0.5) is 0 Å². The van der Waals surface area contributed by atoms with Crippen LogP contribution in [0.2, 0.25) is 0 Å². The minimum Gasteiger partial charge on any atom is -0.463 e. The highest BCUT2D eigenvalue weighted by Gasteiger charge is 2.41. The Hall–Kier alpha value is -1.39. The molecule has 4 heteroatoms. The number of hydrogen-bond donors (Lipinski definition) is 0. The van der Waals surface area contributed by atoms with Gasteiger partial charge >= 0.3 is 5.97 Å². The van der Waals surface area contributed by atoms with Crippen molar-refractivity contribution in [3.63, 3.8) is 0 Å². The Morgan fingerprint density at radius 2 is 1.96 bits per heavy atom. The van der Waals surface area contributed by atoms with Gasteiger partial charge in [0, 0.05) is 11.5 Å². The molecule has 2 aliphatic rings. The second-order valence-corrected chi connectivity index (χ2v) is 8.11. The molecule has 1 saturated heterocycles. The van der Waals surface area contributed by atoms with Gasteiger partial charge in [-0.3, -0.25) is 0 Å². The predicted octanol–water partition coefficient (Wildman–Crippen LogP) is 4.81. The number of allylic oxidation sites excluding steroid dienone is 3. The van der Waals surface area contributed by atoms with E-state index in [0.29, 0.717) is 31.3 Å². The molecule has 0 radical (unpaired) electrons. The Labute approximate surface area is 158 Å². The van der Waals surface area contributed by atoms with Crippen molar-refractivity contribution in [2.24, 2.45) is 17.3 Å². The highest BCUT2D eigenvalue weighted by Crippen LogP contribution is 2.49. The summed E-state index contributed by atoms with van der Waals surface area (Å²) in [7, 11) is 0. The van der Waals surface area contributed by atoms with E-state index >= 15 is 0 Å². The maximum Gasteiger partial charge on any atom is 0.333 e. The van der Waals surface area contributed by atoms with Crippen LogP contribution in [-0.4, -0.2) is 31.6 Å². The molecule has 0 aromatic carbocycles.